The van der Waals surface area contributed by atoms with Gasteiger partial charge in [-0.05, 0) is 19.4 Å². The molecule has 3 heteroatoms. The molecule has 1 aliphatic rings. The lowest BCUT2D eigenvalue weighted by Gasteiger charge is -2.18. The maximum atomic E-state index is 5.77. The van der Waals surface area contributed by atoms with Crippen LogP contribution >= 0.6 is 0 Å². The van der Waals surface area contributed by atoms with Crippen molar-refractivity contribution in [1.82, 2.24) is 5.32 Å². The zero-order chi connectivity index (χ0) is 11.4. The largest absolute Gasteiger partial charge is 0.367 e. The molecule has 0 bridgehead atoms. The van der Waals surface area contributed by atoms with E-state index in [1.165, 1.54) is 0 Å². The molecule has 0 saturated heterocycles. The SMILES string of the molecule is CCO[C@H](C1=NC[C@@H](C)N1)c1ccccc1. The Hall–Kier alpha value is -1.35. The van der Waals surface area contributed by atoms with E-state index < -0.39 is 0 Å². The standard InChI is InChI=1S/C13H18N2O/c1-3-16-12(11-7-5-4-6-8-11)13-14-9-10(2)15-13/h4-8,10,12H,3,9H2,1-2H3,(H,14,15)/t10-,12+/m1/s1. The number of benzene rings is 1. The van der Waals surface area contributed by atoms with Gasteiger partial charge in [0.05, 0.1) is 6.54 Å². The molecule has 0 fully saturated rings. The van der Waals surface area contributed by atoms with Crippen LogP contribution < -0.4 is 5.32 Å². The minimum atomic E-state index is -0.0452. The first-order valence-corrected chi connectivity index (χ1v) is 5.78. The van der Waals surface area contributed by atoms with Gasteiger partial charge in [-0.25, -0.2) is 0 Å². The lowest BCUT2D eigenvalue weighted by Crippen LogP contribution is -2.32. The van der Waals surface area contributed by atoms with Crippen molar-refractivity contribution in [2.45, 2.75) is 26.0 Å². The Bertz CT molecular complexity index is 361. The first-order valence-electron chi connectivity index (χ1n) is 5.78. The van der Waals surface area contributed by atoms with Crippen LogP contribution in [0.1, 0.15) is 25.5 Å². The molecule has 0 spiro atoms. The molecule has 0 aliphatic carbocycles. The summed E-state index contributed by atoms with van der Waals surface area (Å²) in [5.41, 5.74) is 1.16. The molecule has 0 amide bonds. The summed E-state index contributed by atoms with van der Waals surface area (Å²) in [6.45, 7) is 5.67. The molecular weight excluding hydrogens is 200 g/mol. The van der Waals surface area contributed by atoms with Crippen molar-refractivity contribution < 1.29 is 4.74 Å². The Labute approximate surface area is 96.5 Å². The molecule has 0 unspecified atom stereocenters. The molecule has 1 N–H and O–H groups in total. The van der Waals surface area contributed by atoms with E-state index in [1.54, 1.807) is 0 Å². The van der Waals surface area contributed by atoms with Gasteiger partial charge in [0, 0.05) is 12.6 Å². The normalized spacial score (nSPS) is 21.4. The van der Waals surface area contributed by atoms with Crippen molar-refractivity contribution in [3.05, 3.63) is 35.9 Å². The highest BCUT2D eigenvalue weighted by atomic mass is 16.5. The second-order valence-corrected chi connectivity index (χ2v) is 4.02. The second kappa shape index (κ2) is 5.12. The van der Waals surface area contributed by atoms with Crippen molar-refractivity contribution in [2.75, 3.05) is 13.2 Å². The van der Waals surface area contributed by atoms with Gasteiger partial charge >= 0.3 is 0 Å². The second-order valence-electron chi connectivity index (χ2n) is 4.02. The first kappa shape index (κ1) is 11.1. The van der Waals surface area contributed by atoms with Crippen LogP contribution in [-0.4, -0.2) is 25.0 Å². The summed E-state index contributed by atoms with van der Waals surface area (Å²) in [5, 5.41) is 3.36. The molecule has 2 atom stereocenters. The molecule has 0 saturated carbocycles. The minimum Gasteiger partial charge on any atom is -0.367 e. The molecule has 1 aliphatic heterocycles. The summed E-state index contributed by atoms with van der Waals surface area (Å²) in [6.07, 6.45) is -0.0452. The molecule has 2 rings (SSSR count). The zero-order valence-corrected chi connectivity index (χ0v) is 9.81. The third-order valence-electron chi connectivity index (χ3n) is 2.61. The van der Waals surface area contributed by atoms with Gasteiger partial charge < -0.3 is 10.1 Å². The van der Waals surface area contributed by atoms with Crippen LogP contribution in [0.4, 0.5) is 0 Å². The summed E-state index contributed by atoms with van der Waals surface area (Å²) in [7, 11) is 0. The maximum Gasteiger partial charge on any atom is 0.139 e. The molecule has 1 aromatic carbocycles. The molecule has 3 nitrogen and oxygen atoms in total. The zero-order valence-electron chi connectivity index (χ0n) is 9.81. The third-order valence-corrected chi connectivity index (χ3v) is 2.61. The summed E-state index contributed by atoms with van der Waals surface area (Å²) >= 11 is 0. The number of ether oxygens (including phenoxy) is 1. The number of hydrogen-bond acceptors (Lipinski definition) is 3. The monoisotopic (exact) mass is 218 g/mol. The lowest BCUT2D eigenvalue weighted by atomic mass is 10.1. The van der Waals surface area contributed by atoms with Crippen molar-refractivity contribution >= 4 is 5.84 Å². The molecule has 1 aromatic rings. The number of nitrogens with one attached hydrogen (secondary N) is 1. The van der Waals surface area contributed by atoms with Crippen LogP contribution in [0, 0.1) is 0 Å². The average Bonchev–Trinajstić information content (AvgIpc) is 2.74. The van der Waals surface area contributed by atoms with Gasteiger partial charge in [0.15, 0.2) is 0 Å². The number of rotatable bonds is 4. The summed E-state index contributed by atoms with van der Waals surface area (Å²) in [6, 6.07) is 10.6. The third kappa shape index (κ3) is 2.42. The first-order chi connectivity index (χ1) is 7.81. The van der Waals surface area contributed by atoms with E-state index in [-0.39, 0.29) is 6.10 Å². The van der Waals surface area contributed by atoms with Gasteiger partial charge in [0.2, 0.25) is 0 Å². The number of nitrogens with zero attached hydrogens (tertiary/aromatic N) is 1. The highest BCUT2D eigenvalue weighted by Gasteiger charge is 2.23. The fourth-order valence-corrected chi connectivity index (χ4v) is 1.87. The molecular formula is C13H18N2O. The van der Waals surface area contributed by atoms with Crippen molar-refractivity contribution in [2.24, 2.45) is 4.99 Å². The van der Waals surface area contributed by atoms with Crippen LogP contribution in [0.3, 0.4) is 0 Å². The number of amidine groups is 1. The van der Waals surface area contributed by atoms with Gasteiger partial charge in [-0.3, -0.25) is 4.99 Å². The number of hydrogen-bond donors (Lipinski definition) is 1. The van der Waals surface area contributed by atoms with Crippen molar-refractivity contribution in [1.29, 1.82) is 0 Å². The molecule has 0 radical (unpaired) electrons. The van der Waals surface area contributed by atoms with Crippen molar-refractivity contribution in [3.63, 3.8) is 0 Å². The van der Waals surface area contributed by atoms with E-state index in [4.69, 9.17) is 4.74 Å². The fourth-order valence-electron chi connectivity index (χ4n) is 1.87. The Morgan fingerprint density at radius 3 is 2.75 bits per heavy atom. The van der Waals surface area contributed by atoms with Crippen LogP contribution in [0.2, 0.25) is 0 Å². The Morgan fingerprint density at radius 2 is 2.19 bits per heavy atom. The Balaban J connectivity index is 2.18. The quantitative estimate of drug-likeness (QED) is 0.840. The Kier molecular flexibility index (Phi) is 3.57. The molecule has 1 heterocycles. The van der Waals surface area contributed by atoms with Gasteiger partial charge in [-0.1, -0.05) is 30.3 Å². The van der Waals surface area contributed by atoms with Crippen LogP contribution in [-0.2, 0) is 4.74 Å². The summed E-state index contributed by atoms with van der Waals surface area (Å²) in [4.78, 5) is 4.49. The molecule has 86 valence electrons. The highest BCUT2D eigenvalue weighted by Crippen LogP contribution is 2.20. The van der Waals surface area contributed by atoms with Crippen LogP contribution in [0.15, 0.2) is 35.3 Å². The van der Waals surface area contributed by atoms with Gasteiger partial charge in [-0.15, -0.1) is 0 Å². The van der Waals surface area contributed by atoms with Gasteiger partial charge in [-0.2, -0.15) is 0 Å². The van der Waals surface area contributed by atoms with Gasteiger partial charge in [0.1, 0.15) is 11.9 Å². The van der Waals surface area contributed by atoms with Crippen LogP contribution in [0.25, 0.3) is 0 Å². The van der Waals surface area contributed by atoms with Gasteiger partial charge in [0.25, 0.3) is 0 Å². The predicted octanol–water partition coefficient (Wildman–Crippen LogP) is 2.15. The topological polar surface area (TPSA) is 33.6 Å². The van der Waals surface area contributed by atoms with Crippen LogP contribution in [0.5, 0.6) is 0 Å². The van der Waals surface area contributed by atoms with Crippen molar-refractivity contribution in [3.8, 4) is 0 Å². The smallest absolute Gasteiger partial charge is 0.139 e. The number of aliphatic imine (C=N–C) groups is 1. The fraction of sp³-hybridized carbons (Fsp3) is 0.462. The average molecular weight is 218 g/mol. The minimum absolute atomic E-state index is 0.0452. The highest BCUT2D eigenvalue weighted by molar-refractivity contribution is 5.89. The maximum absolute atomic E-state index is 5.77. The molecule has 16 heavy (non-hydrogen) atoms. The summed E-state index contributed by atoms with van der Waals surface area (Å²) in [5.74, 6) is 0.959. The molecule has 0 aromatic heterocycles. The van der Waals surface area contributed by atoms with E-state index in [9.17, 15) is 0 Å². The van der Waals surface area contributed by atoms with E-state index in [2.05, 4.69) is 29.4 Å². The van der Waals surface area contributed by atoms with E-state index >= 15 is 0 Å². The lowest BCUT2D eigenvalue weighted by molar-refractivity contribution is 0.108. The van der Waals surface area contributed by atoms with E-state index in [1.807, 2.05) is 25.1 Å². The van der Waals surface area contributed by atoms with E-state index in [0.717, 1.165) is 17.9 Å². The predicted molar refractivity (Wildman–Crippen MR) is 65.7 cm³/mol. The summed E-state index contributed by atoms with van der Waals surface area (Å²) < 4.78 is 5.77. The van der Waals surface area contributed by atoms with E-state index in [0.29, 0.717) is 12.6 Å². The Morgan fingerprint density at radius 1 is 1.44 bits per heavy atom.